The second-order valence-electron chi connectivity index (χ2n) is 5.60. The lowest BCUT2D eigenvalue weighted by molar-refractivity contribution is 0.208. The van der Waals surface area contributed by atoms with Crippen LogP contribution in [0.4, 0.5) is 5.82 Å². The maximum absolute atomic E-state index is 9.37. The number of nitrogen functional groups attached to an aromatic ring is 1. The molecule has 0 amide bonds. The molecule has 0 bridgehead atoms. The Hall–Kier alpha value is -2.14. The Morgan fingerprint density at radius 2 is 2.24 bits per heavy atom. The van der Waals surface area contributed by atoms with Crippen molar-refractivity contribution in [2.24, 2.45) is 11.7 Å². The quantitative estimate of drug-likeness (QED) is 0.592. The summed E-state index contributed by atoms with van der Waals surface area (Å²) in [5, 5.41) is 18.1. The lowest BCUT2D eigenvalue weighted by atomic mass is 9.98. The maximum atomic E-state index is 9.37. The van der Waals surface area contributed by atoms with E-state index in [2.05, 4.69) is 4.90 Å². The summed E-state index contributed by atoms with van der Waals surface area (Å²) < 4.78 is 0. The van der Waals surface area contributed by atoms with E-state index in [0.29, 0.717) is 5.92 Å². The highest BCUT2D eigenvalue weighted by atomic mass is 16.3. The van der Waals surface area contributed by atoms with Crippen molar-refractivity contribution in [3.63, 3.8) is 0 Å². The van der Waals surface area contributed by atoms with Crippen LogP contribution in [0, 0.1) is 11.3 Å². The van der Waals surface area contributed by atoms with E-state index in [4.69, 9.17) is 16.1 Å². The van der Waals surface area contributed by atoms with Crippen LogP contribution < -0.4 is 10.6 Å². The highest BCUT2D eigenvalue weighted by Gasteiger charge is 2.21. The number of pyridine rings is 1. The van der Waals surface area contributed by atoms with Gasteiger partial charge in [0.05, 0.1) is 5.52 Å². The van der Waals surface area contributed by atoms with Gasteiger partial charge in [-0.3, -0.25) is 5.41 Å². The predicted octanol–water partition coefficient (Wildman–Crippen LogP) is 1.73. The lowest BCUT2D eigenvalue weighted by Gasteiger charge is -2.33. The van der Waals surface area contributed by atoms with Crippen molar-refractivity contribution in [3.8, 4) is 0 Å². The van der Waals surface area contributed by atoms with Gasteiger partial charge in [-0.1, -0.05) is 18.2 Å². The van der Waals surface area contributed by atoms with Crippen LogP contribution in [-0.4, -0.2) is 35.6 Å². The molecule has 1 aliphatic rings. The minimum absolute atomic E-state index is 0.0607. The summed E-state index contributed by atoms with van der Waals surface area (Å²) in [5.74, 6) is 1.20. The summed E-state index contributed by atoms with van der Waals surface area (Å²) in [6.07, 6.45) is 2.11. The van der Waals surface area contributed by atoms with Crippen molar-refractivity contribution in [3.05, 3.63) is 35.9 Å². The van der Waals surface area contributed by atoms with Gasteiger partial charge >= 0.3 is 0 Å². The lowest BCUT2D eigenvalue weighted by Crippen LogP contribution is -2.37. The zero-order valence-corrected chi connectivity index (χ0v) is 11.9. The molecule has 0 spiro atoms. The smallest absolute Gasteiger partial charge is 0.129 e. The van der Waals surface area contributed by atoms with Crippen LogP contribution in [-0.2, 0) is 0 Å². The van der Waals surface area contributed by atoms with Gasteiger partial charge in [0.2, 0.25) is 0 Å². The Morgan fingerprint density at radius 1 is 1.43 bits per heavy atom. The van der Waals surface area contributed by atoms with Gasteiger partial charge in [0.1, 0.15) is 11.7 Å². The molecule has 1 saturated heterocycles. The molecular formula is C16H20N4O. The third-order valence-electron chi connectivity index (χ3n) is 4.09. The van der Waals surface area contributed by atoms with Gasteiger partial charge < -0.3 is 15.7 Å². The maximum Gasteiger partial charge on any atom is 0.129 e. The molecule has 2 heterocycles. The molecule has 1 fully saturated rings. The Labute approximate surface area is 123 Å². The molecule has 0 radical (unpaired) electrons. The predicted molar refractivity (Wildman–Crippen MR) is 84.8 cm³/mol. The van der Waals surface area contributed by atoms with Gasteiger partial charge in [-0.2, -0.15) is 0 Å². The number of rotatable bonds is 3. The molecule has 0 aliphatic carbocycles. The number of hydrogen-bond acceptors (Lipinski definition) is 4. The van der Waals surface area contributed by atoms with Gasteiger partial charge in [-0.05, 0) is 30.9 Å². The van der Waals surface area contributed by atoms with Crippen molar-refractivity contribution >= 4 is 22.6 Å². The van der Waals surface area contributed by atoms with Crippen LogP contribution in [0.1, 0.15) is 18.4 Å². The van der Waals surface area contributed by atoms with Crippen LogP contribution in [0.15, 0.2) is 30.3 Å². The molecule has 2 aromatic rings. The van der Waals surface area contributed by atoms with Crippen molar-refractivity contribution in [2.75, 3.05) is 24.6 Å². The van der Waals surface area contributed by atoms with Crippen molar-refractivity contribution in [1.82, 2.24) is 4.98 Å². The minimum Gasteiger partial charge on any atom is -0.396 e. The molecule has 110 valence electrons. The average Bonchev–Trinajstić information content (AvgIpc) is 2.53. The standard InChI is InChI=1S/C16H20N4O/c17-16(18)13-8-15(19-14-6-2-1-5-12(13)14)20-7-3-4-11(9-20)10-21/h1-2,5-6,8,11,21H,3-4,7,9-10H2,(H3,17,18). The van der Waals surface area contributed by atoms with E-state index in [1.807, 2.05) is 30.3 Å². The topological polar surface area (TPSA) is 86.2 Å². The van der Waals surface area contributed by atoms with Crippen LogP contribution in [0.2, 0.25) is 0 Å². The molecule has 1 atom stereocenters. The van der Waals surface area contributed by atoms with E-state index in [-0.39, 0.29) is 12.4 Å². The van der Waals surface area contributed by atoms with E-state index in [1.54, 1.807) is 0 Å². The number of nitrogens with two attached hydrogens (primary N) is 1. The fraction of sp³-hybridized carbons (Fsp3) is 0.375. The molecule has 5 nitrogen and oxygen atoms in total. The van der Waals surface area contributed by atoms with Gasteiger partial charge in [0, 0.05) is 30.6 Å². The van der Waals surface area contributed by atoms with E-state index in [1.165, 1.54) is 0 Å². The number of para-hydroxylation sites is 1. The van der Waals surface area contributed by atoms with Crippen LogP contribution in [0.5, 0.6) is 0 Å². The Morgan fingerprint density at radius 3 is 3.00 bits per heavy atom. The number of fused-ring (bicyclic) bond motifs is 1. The SMILES string of the molecule is N=C(N)c1cc(N2CCCC(CO)C2)nc2ccccc12. The largest absolute Gasteiger partial charge is 0.396 e. The fourth-order valence-corrected chi connectivity index (χ4v) is 2.97. The molecule has 21 heavy (non-hydrogen) atoms. The third-order valence-corrected chi connectivity index (χ3v) is 4.09. The van der Waals surface area contributed by atoms with Gasteiger partial charge in [0.25, 0.3) is 0 Å². The summed E-state index contributed by atoms with van der Waals surface area (Å²) in [6.45, 7) is 1.95. The summed E-state index contributed by atoms with van der Waals surface area (Å²) in [6, 6.07) is 9.65. The van der Waals surface area contributed by atoms with E-state index in [9.17, 15) is 5.11 Å². The number of aliphatic hydroxyl groups excluding tert-OH is 1. The molecule has 1 aliphatic heterocycles. The summed E-state index contributed by atoms with van der Waals surface area (Å²) in [7, 11) is 0. The molecule has 1 aromatic heterocycles. The Bertz CT molecular complexity index is 670. The van der Waals surface area contributed by atoms with Crippen LogP contribution in [0.25, 0.3) is 10.9 Å². The Kier molecular flexibility index (Phi) is 3.75. The molecule has 5 heteroatoms. The summed E-state index contributed by atoms with van der Waals surface area (Å²) in [4.78, 5) is 6.89. The first-order valence-corrected chi connectivity index (χ1v) is 7.29. The van der Waals surface area contributed by atoms with Crippen LogP contribution in [0.3, 0.4) is 0 Å². The van der Waals surface area contributed by atoms with E-state index < -0.39 is 0 Å². The molecule has 1 unspecified atom stereocenters. The monoisotopic (exact) mass is 284 g/mol. The number of anilines is 1. The van der Waals surface area contributed by atoms with Crippen molar-refractivity contribution in [1.29, 1.82) is 5.41 Å². The van der Waals surface area contributed by atoms with Gasteiger partial charge in [-0.15, -0.1) is 0 Å². The summed E-state index contributed by atoms with van der Waals surface area (Å²) in [5.41, 5.74) is 7.31. The zero-order chi connectivity index (χ0) is 14.8. The number of aliphatic hydroxyl groups is 1. The molecule has 1 aromatic carbocycles. The van der Waals surface area contributed by atoms with Crippen molar-refractivity contribution < 1.29 is 5.11 Å². The average molecular weight is 284 g/mol. The minimum atomic E-state index is 0.0607. The second kappa shape index (κ2) is 5.69. The number of benzene rings is 1. The van der Waals surface area contributed by atoms with E-state index >= 15 is 0 Å². The molecule has 3 rings (SSSR count). The number of nitrogens with zero attached hydrogens (tertiary/aromatic N) is 2. The number of aromatic nitrogens is 1. The van der Waals surface area contributed by atoms with E-state index in [0.717, 1.165) is 48.2 Å². The molecule has 0 saturated carbocycles. The normalized spacial score (nSPS) is 18.9. The van der Waals surface area contributed by atoms with Gasteiger partial charge in [0.15, 0.2) is 0 Å². The highest BCUT2D eigenvalue weighted by Crippen LogP contribution is 2.26. The zero-order valence-electron chi connectivity index (χ0n) is 11.9. The highest BCUT2D eigenvalue weighted by molar-refractivity contribution is 6.07. The number of hydrogen-bond donors (Lipinski definition) is 3. The second-order valence-corrected chi connectivity index (χ2v) is 5.60. The number of nitrogens with one attached hydrogen (secondary N) is 1. The molecular weight excluding hydrogens is 264 g/mol. The first kappa shape index (κ1) is 13.8. The van der Waals surface area contributed by atoms with Gasteiger partial charge in [-0.25, -0.2) is 4.98 Å². The summed E-state index contributed by atoms with van der Waals surface area (Å²) >= 11 is 0. The van der Waals surface area contributed by atoms with Crippen LogP contribution >= 0.6 is 0 Å². The Balaban J connectivity index is 2.04. The van der Waals surface area contributed by atoms with Crippen molar-refractivity contribution in [2.45, 2.75) is 12.8 Å². The number of piperidine rings is 1. The number of amidine groups is 1. The molecule has 4 N–H and O–H groups in total. The first-order chi connectivity index (χ1) is 10.2. The fourth-order valence-electron chi connectivity index (χ4n) is 2.97. The third kappa shape index (κ3) is 2.69. The first-order valence-electron chi connectivity index (χ1n) is 7.29.